The largest absolute Gasteiger partial charge is 0.394 e. The van der Waals surface area contributed by atoms with Gasteiger partial charge in [-0.15, -0.1) is 0 Å². The number of aromatic nitrogens is 2. The predicted molar refractivity (Wildman–Crippen MR) is 67.6 cm³/mol. The molecule has 1 saturated heterocycles. The second-order valence-electron chi connectivity index (χ2n) is 4.43. The zero-order chi connectivity index (χ0) is 14.9. The Labute approximate surface area is 113 Å². The van der Waals surface area contributed by atoms with E-state index in [1.165, 1.54) is 6.20 Å². The van der Waals surface area contributed by atoms with Crippen molar-refractivity contribution in [2.75, 3.05) is 12.3 Å². The van der Waals surface area contributed by atoms with E-state index in [2.05, 4.69) is 15.0 Å². The van der Waals surface area contributed by atoms with Crippen LogP contribution in [0, 0.1) is 6.92 Å². The molecule has 0 amide bonds. The summed E-state index contributed by atoms with van der Waals surface area (Å²) in [5.41, 5.74) is 13.9. The SMILES string of the molecule is Cc1cn([C@@H]2O[C@H](CO)[C@@H](O)[C@H]2N=[N+]=[N-])c(=O)nc1N. The number of nitrogen functional groups attached to an aromatic ring is 1. The highest BCUT2D eigenvalue weighted by atomic mass is 16.5. The number of aryl methyl sites for hydroxylation is 1. The van der Waals surface area contributed by atoms with Crippen molar-refractivity contribution in [3.63, 3.8) is 0 Å². The zero-order valence-corrected chi connectivity index (χ0v) is 10.6. The Morgan fingerprint density at radius 2 is 2.40 bits per heavy atom. The van der Waals surface area contributed by atoms with Crippen molar-refractivity contribution in [3.8, 4) is 0 Å². The first-order chi connectivity index (χ1) is 9.49. The van der Waals surface area contributed by atoms with Gasteiger partial charge in [-0.1, -0.05) is 5.11 Å². The average Bonchev–Trinajstić information content (AvgIpc) is 2.72. The van der Waals surface area contributed by atoms with E-state index in [1.807, 2.05) is 0 Å². The number of azide groups is 1. The van der Waals surface area contributed by atoms with Gasteiger partial charge in [-0.25, -0.2) is 4.79 Å². The van der Waals surface area contributed by atoms with Crippen LogP contribution in [0.5, 0.6) is 0 Å². The summed E-state index contributed by atoms with van der Waals surface area (Å²) in [6.07, 6.45) is -1.80. The maximum absolute atomic E-state index is 11.8. The van der Waals surface area contributed by atoms with E-state index >= 15 is 0 Å². The molecule has 10 nitrogen and oxygen atoms in total. The van der Waals surface area contributed by atoms with Crippen LogP contribution in [-0.2, 0) is 4.74 Å². The molecule has 2 rings (SSSR count). The van der Waals surface area contributed by atoms with Crippen molar-refractivity contribution in [2.24, 2.45) is 5.11 Å². The van der Waals surface area contributed by atoms with Gasteiger partial charge in [0, 0.05) is 16.7 Å². The molecule has 1 aromatic heterocycles. The molecule has 108 valence electrons. The van der Waals surface area contributed by atoms with Gasteiger partial charge in [-0.05, 0) is 12.5 Å². The average molecular weight is 282 g/mol. The summed E-state index contributed by atoms with van der Waals surface area (Å²) < 4.78 is 6.45. The third-order valence-electron chi connectivity index (χ3n) is 3.15. The minimum Gasteiger partial charge on any atom is -0.394 e. The van der Waals surface area contributed by atoms with Crippen LogP contribution in [0.15, 0.2) is 16.1 Å². The molecule has 1 fully saturated rings. The zero-order valence-electron chi connectivity index (χ0n) is 10.6. The third-order valence-corrected chi connectivity index (χ3v) is 3.15. The molecule has 4 N–H and O–H groups in total. The topological polar surface area (TPSA) is 159 Å². The van der Waals surface area contributed by atoms with Gasteiger partial charge in [0.2, 0.25) is 0 Å². The quantitative estimate of drug-likeness (QED) is 0.368. The fourth-order valence-electron chi connectivity index (χ4n) is 2.06. The minimum absolute atomic E-state index is 0.0869. The molecule has 0 aliphatic carbocycles. The smallest absolute Gasteiger partial charge is 0.351 e. The first kappa shape index (κ1) is 14.3. The number of nitrogens with two attached hydrogens (primary N) is 1. The number of hydrogen-bond donors (Lipinski definition) is 3. The predicted octanol–water partition coefficient (Wildman–Crippen LogP) is -0.937. The van der Waals surface area contributed by atoms with E-state index in [9.17, 15) is 9.90 Å². The fourth-order valence-corrected chi connectivity index (χ4v) is 2.06. The van der Waals surface area contributed by atoms with E-state index in [1.54, 1.807) is 6.92 Å². The van der Waals surface area contributed by atoms with E-state index in [0.717, 1.165) is 4.57 Å². The van der Waals surface area contributed by atoms with Gasteiger partial charge in [-0.3, -0.25) is 4.57 Å². The molecule has 0 spiro atoms. The van der Waals surface area contributed by atoms with Crippen LogP contribution in [-0.4, -0.2) is 44.6 Å². The Hall–Kier alpha value is -2.13. The molecular formula is C10H14N6O4. The third kappa shape index (κ3) is 2.32. The summed E-state index contributed by atoms with van der Waals surface area (Å²) in [6.45, 7) is 1.18. The van der Waals surface area contributed by atoms with Gasteiger partial charge in [0.15, 0.2) is 0 Å². The first-order valence-electron chi connectivity index (χ1n) is 5.83. The normalized spacial score (nSPS) is 29.1. The summed E-state index contributed by atoms with van der Waals surface area (Å²) in [6, 6.07) is -1.04. The van der Waals surface area contributed by atoms with E-state index < -0.39 is 36.8 Å². The highest BCUT2D eigenvalue weighted by Gasteiger charge is 2.44. The van der Waals surface area contributed by atoms with Crippen LogP contribution in [0.2, 0.25) is 0 Å². The van der Waals surface area contributed by atoms with Crippen molar-refractivity contribution in [1.29, 1.82) is 0 Å². The summed E-state index contributed by atoms with van der Waals surface area (Å²) in [7, 11) is 0. The summed E-state index contributed by atoms with van der Waals surface area (Å²) >= 11 is 0. The maximum atomic E-state index is 11.8. The van der Waals surface area contributed by atoms with Gasteiger partial charge in [0.25, 0.3) is 0 Å². The standard InChI is InChI=1S/C10H14N6O4/c1-4-2-16(10(19)13-8(4)11)9-6(14-15-12)7(18)5(3-17)20-9/h2,5-7,9,17-18H,3H2,1H3,(H2,11,13,19)/t5-,6-,7-,9-/m1/s1. The Kier molecular flexibility index (Phi) is 3.91. The molecule has 1 aromatic rings. The lowest BCUT2D eigenvalue weighted by molar-refractivity contribution is -0.0464. The number of aliphatic hydroxyl groups is 2. The van der Waals surface area contributed by atoms with Crippen molar-refractivity contribution in [1.82, 2.24) is 9.55 Å². The van der Waals surface area contributed by atoms with Crippen LogP contribution in [0.25, 0.3) is 10.4 Å². The Bertz CT molecular complexity index is 610. The number of nitrogens with zero attached hydrogens (tertiary/aromatic N) is 5. The summed E-state index contributed by atoms with van der Waals surface area (Å²) in [5.74, 6) is 0.0869. The van der Waals surface area contributed by atoms with Crippen LogP contribution >= 0.6 is 0 Å². The summed E-state index contributed by atoms with van der Waals surface area (Å²) in [5, 5.41) is 22.5. The first-order valence-corrected chi connectivity index (χ1v) is 5.83. The van der Waals surface area contributed by atoms with Crippen molar-refractivity contribution >= 4 is 5.82 Å². The number of aliphatic hydroxyl groups excluding tert-OH is 2. The van der Waals surface area contributed by atoms with Gasteiger partial charge in [0.05, 0.1) is 12.7 Å². The van der Waals surface area contributed by atoms with Crippen molar-refractivity contribution in [3.05, 3.63) is 32.7 Å². The van der Waals surface area contributed by atoms with Gasteiger partial charge < -0.3 is 20.7 Å². The second-order valence-corrected chi connectivity index (χ2v) is 4.43. The number of rotatable bonds is 3. The molecule has 0 aromatic carbocycles. The van der Waals surface area contributed by atoms with Crippen LogP contribution < -0.4 is 11.4 Å². The monoisotopic (exact) mass is 282 g/mol. The van der Waals surface area contributed by atoms with Gasteiger partial charge >= 0.3 is 5.69 Å². The molecule has 4 atom stereocenters. The number of ether oxygens (including phenoxy) is 1. The molecule has 1 aliphatic rings. The molecule has 0 unspecified atom stereocenters. The van der Waals surface area contributed by atoms with Crippen molar-refractivity contribution in [2.45, 2.75) is 31.4 Å². The lowest BCUT2D eigenvalue weighted by Crippen LogP contribution is -2.35. The molecule has 20 heavy (non-hydrogen) atoms. The highest BCUT2D eigenvalue weighted by Crippen LogP contribution is 2.31. The summed E-state index contributed by atoms with van der Waals surface area (Å²) in [4.78, 5) is 18.1. The number of anilines is 1. The molecule has 0 saturated carbocycles. The second kappa shape index (κ2) is 5.47. The van der Waals surface area contributed by atoms with Crippen LogP contribution in [0.4, 0.5) is 5.82 Å². The van der Waals surface area contributed by atoms with E-state index in [0.29, 0.717) is 5.56 Å². The molecule has 0 radical (unpaired) electrons. The molecule has 10 heteroatoms. The highest BCUT2D eigenvalue weighted by molar-refractivity contribution is 5.35. The van der Waals surface area contributed by atoms with E-state index in [-0.39, 0.29) is 5.82 Å². The Morgan fingerprint density at radius 3 is 3.00 bits per heavy atom. The van der Waals surface area contributed by atoms with Crippen molar-refractivity contribution < 1.29 is 14.9 Å². The molecule has 2 heterocycles. The molecular weight excluding hydrogens is 268 g/mol. The molecule has 0 bridgehead atoms. The van der Waals surface area contributed by atoms with Crippen LogP contribution in [0.3, 0.4) is 0 Å². The van der Waals surface area contributed by atoms with Gasteiger partial charge in [0.1, 0.15) is 24.2 Å². The maximum Gasteiger partial charge on any atom is 0.351 e. The lowest BCUT2D eigenvalue weighted by atomic mass is 10.1. The Morgan fingerprint density at radius 1 is 1.70 bits per heavy atom. The minimum atomic E-state index is -1.22. The van der Waals surface area contributed by atoms with E-state index in [4.69, 9.17) is 21.1 Å². The van der Waals surface area contributed by atoms with Gasteiger partial charge in [-0.2, -0.15) is 4.98 Å². The Balaban J connectivity index is 2.47. The lowest BCUT2D eigenvalue weighted by Gasteiger charge is -2.18. The fraction of sp³-hybridized carbons (Fsp3) is 0.600. The van der Waals surface area contributed by atoms with Crippen LogP contribution in [0.1, 0.15) is 11.8 Å². The molecule has 1 aliphatic heterocycles. The number of hydrogen-bond acceptors (Lipinski definition) is 7.